The molecule has 2 atom stereocenters. The summed E-state index contributed by atoms with van der Waals surface area (Å²) in [5, 5.41) is 4.48. The van der Waals surface area contributed by atoms with Crippen LogP contribution in [0.5, 0.6) is 0 Å². The molecule has 0 radical (unpaired) electrons. The molecule has 1 nitrogen and oxygen atoms in total. The van der Waals surface area contributed by atoms with Gasteiger partial charge in [0.2, 0.25) is 0 Å². The molecule has 1 N–H and O–H groups in total. The molecule has 0 amide bonds. The lowest BCUT2D eigenvalue weighted by atomic mass is 9.94. The Balaban J connectivity index is 1.93. The van der Waals surface area contributed by atoms with Crippen molar-refractivity contribution in [2.24, 2.45) is 5.92 Å². The molecule has 58 valence electrons. The van der Waals surface area contributed by atoms with E-state index in [9.17, 15) is 0 Å². The predicted molar refractivity (Wildman–Crippen MR) is 46.5 cm³/mol. The minimum Gasteiger partial charge on any atom is -0.316 e. The fourth-order valence-corrected chi connectivity index (χ4v) is 3.41. The highest BCUT2D eigenvalue weighted by atomic mass is 32.2. The van der Waals surface area contributed by atoms with Crippen molar-refractivity contribution in [2.45, 2.75) is 24.5 Å². The van der Waals surface area contributed by atoms with Gasteiger partial charge >= 0.3 is 0 Å². The average Bonchev–Trinajstić information content (AvgIpc) is 2.05. The van der Waals surface area contributed by atoms with E-state index in [-0.39, 0.29) is 0 Å². The molecule has 2 heteroatoms. The summed E-state index contributed by atoms with van der Waals surface area (Å²) in [5.74, 6) is 2.42. The standard InChI is InChI=1S/C8H15NS/c1-2-7-6-9-4-3-8(7)10-5-1/h7-9H,1-6H2. The molecule has 0 aromatic rings. The molecule has 2 aliphatic heterocycles. The van der Waals surface area contributed by atoms with Gasteiger partial charge in [0, 0.05) is 5.25 Å². The van der Waals surface area contributed by atoms with Gasteiger partial charge in [0.05, 0.1) is 0 Å². The molecule has 0 saturated carbocycles. The molecule has 0 spiro atoms. The Hall–Kier alpha value is 0.310. The van der Waals surface area contributed by atoms with Crippen molar-refractivity contribution in [2.75, 3.05) is 18.8 Å². The quantitative estimate of drug-likeness (QED) is 0.572. The Labute approximate surface area is 67.0 Å². The Morgan fingerprint density at radius 1 is 1.30 bits per heavy atom. The lowest BCUT2D eigenvalue weighted by Crippen LogP contribution is -2.40. The van der Waals surface area contributed by atoms with Crippen LogP contribution in [0.15, 0.2) is 0 Å². The van der Waals surface area contributed by atoms with E-state index in [4.69, 9.17) is 0 Å². The molecule has 2 aliphatic rings. The van der Waals surface area contributed by atoms with E-state index < -0.39 is 0 Å². The van der Waals surface area contributed by atoms with Gasteiger partial charge in [0.15, 0.2) is 0 Å². The van der Waals surface area contributed by atoms with Crippen LogP contribution < -0.4 is 5.32 Å². The summed E-state index contributed by atoms with van der Waals surface area (Å²) in [4.78, 5) is 0. The Kier molecular flexibility index (Phi) is 2.19. The highest BCUT2D eigenvalue weighted by molar-refractivity contribution is 7.99. The zero-order valence-electron chi connectivity index (χ0n) is 6.31. The molecule has 2 saturated heterocycles. The van der Waals surface area contributed by atoms with Crippen LogP contribution in [0.4, 0.5) is 0 Å². The molecule has 0 bridgehead atoms. The van der Waals surface area contributed by atoms with Gasteiger partial charge in [-0.25, -0.2) is 0 Å². The maximum Gasteiger partial charge on any atom is 0.00994 e. The largest absolute Gasteiger partial charge is 0.316 e. The summed E-state index contributed by atoms with van der Waals surface area (Å²) >= 11 is 2.21. The van der Waals surface area contributed by atoms with Crippen LogP contribution in [0, 0.1) is 5.92 Å². The molecule has 10 heavy (non-hydrogen) atoms. The molecule has 2 rings (SSSR count). The highest BCUT2D eigenvalue weighted by Gasteiger charge is 2.27. The van der Waals surface area contributed by atoms with E-state index >= 15 is 0 Å². The first-order chi connectivity index (χ1) is 4.97. The smallest absolute Gasteiger partial charge is 0.00994 e. The van der Waals surface area contributed by atoms with Crippen molar-refractivity contribution < 1.29 is 0 Å². The minimum atomic E-state index is 1.01. The minimum absolute atomic E-state index is 1.01. The number of hydrogen-bond donors (Lipinski definition) is 1. The molecule has 2 fully saturated rings. The van der Waals surface area contributed by atoms with Crippen molar-refractivity contribution >= 4 is 11.8 Å². The third kappa shape index (κ3) is 1.32. The van der Waals surface area contributed by atoms with E-state index in [0.717, 1.165) is 11.2 Å². The van der Waals surface area contributed by atoms with E-state index in [1.807, 2.05) is 0 Å². The van der Waals surface area contributed by atoms with Gasteiger partial charge in [-0.15, -0.1) is 0 Å². The first-order valence-corrected chi connectivity index (χ1v) is 5.34. The molecule has 2 unspecified atom stereocenters. The molecule has 2 heterocycles. The van der Waals surface area contributed by atoms with Crippen LogP contribution in [0.25, 0.3) is 0 Å². The first kappa shape index (κ1) is 6.99. The second kappa shape index (κ2) is 3.14. The molecule has 0 aromatic heterocycles. The third-order valence-electron chi connectivity index (χ3n) is 2.59. The van der Waals surface area contributed by atoms with Gasteiger partial charge in [-0.2, -0.15) is 11.8 Å². The van der Waals surface area contributed by atoms with Gasteiger partial charge in [0.25, 0.3) is 0 Å². The van der Waals surface area contributed by atoms with Gasteiger partial charge in [-0.1, -0.05) is 0 Å². The van der Waals surface area contributed by atoms with Crippen molar-refractivity contribution in [1.82, 2.24) is 5.32 Å². The Morgan fingerprint density at radius 2 is 2.30 bits per heavy atom. The number of thioether (sulfide) groups is 1. The summed E-state index contributed by atoms with van der Waals surface area (Å²) < 4.78 is 0. The van der Waals surface area contributed by atoms with Crippen LogP contribution in [0.3, 0.4) is 0 Å². The van der Waals surface area contributed by atoms with Crippen LogP contribution in [0.2, 0.25) is 0 Å². The van der Waals surface area contributed by atoms with Crippen molar-refractivity contribution in [3.8, 4) is 0 Å². The van der Waals surface area contributed by atoms with Gasteiger partial charge < -0.3 is 5.32 Å². The van der Waals surface area contributed by atoms with Crippen molar-refractivity contribution in [3.63, 3.8) is 0 Å². The lowest BCUT2D eigenvalue weighted by Gasteiger charge is -2.35. The first-order valence-electron chi connectivity index (χ1n) is 4.29. The number of piperidine rings is 1. The fourth-order valence-electron chi connectivity index (χ4n) is 1.99. The maximum atomic E-state index is 3.47. The molecule has 0 aliphatic carbocycles. The van der Waals surface area contributed by atoms with Crippen LogP contribution >= 0.6 is 11.8 Å². The Morgan fingerprint density at radius 3 is 3.20 bits per heavy atom. The van der Waals surface area contributed by atoms with Gasteiger partial charge in [0.1, 0.15) is 0 Å². The van der Waals surface area contributed by atoms with Crippen molar-refractivity contribution in [1.29, 1.82) is 0 Å². The number of rotatable bonds is 0. The van der Waals surface area contributed by atoms with E-state index in [2.05, 4.69) is 17.1 Å². The SMILES string of the molecule is C1CSC2CCNCC2C1. The Bertz CT molecular complexity index is 89.8. The van der Waals surface area contributed by atoms with Crippen LogP contribution in [-0.4, -0.2) is 24.1 Å². The van der Waals surface area contributed by atoms with Crippen LogP contribution in [-0.2, 0) is 0 Å². The van der Waals surface area contributed by atoms with E-state index in [1.54, 1.807) is 0 Å². The summed E-state index contributed by atoms with van der Waals surface area (Å²) in [5.41, 5.74) is 0. The summed E-state index contributed by atoms with van der Waals surface area (Å²) in [6.07, 6.45) is 4.34. The summed E-state index contributed by atoms with van der Waals surface area (Å²) in [6.45, 7) is 2.55. The normalized spacial score (nSPS) is 40.8. The average molecular weight is 157 g/mol. The number of nitrogens with one attached hydrogen (secondary N) is 1. The van der Waals surface area contributed by atoms with Gasteiger partial charge in [-0.05, 0) is 44.0 Å². The fraction of sp³-hybridized carbons (Fsp3) is 1.00. The monoisotopic (exact) mass is 157 g/mol. The molecular weight excluding hydrogens is 142 g/mol. The zero-order chi connectivity index (χ0) is 6.81. The summed E-state index contributed by atoms with van der Waals surface area (Å²) in [7, 11) is 0. The van der Waals surface area contributed by atoms with Crippen molar-refractivity contribution in [3.05, 3.63) is 0 Å². The number of fused-ring (bicyclic) bond motifs is 1. The predicted octanol–water partition coefficient (Wildman–Crippen LogP) is 1.49. The molecular formula is C8H15NS. The van der Waals surface area contributed by atoms with E-state index in [0.29, 0.717) is 0 Å². The second-order valence-corrected chi connectivity index (χ2v) is 4.65. The molecule has 0 aromatic carbocycles. The maximum absolute atomic E-state index is 3.47. The summed E-state index contributed by atoms with van der Waals surface area (Å²) in [6, 6.07) is 0. The van der Waals surface area contributed by atoms with E-state index in [1.165, 1.54) is 38.1 Å². The second-order valence-electron chi connectivity index (χ2n) is 3.30. The third-order valence-corrected chi connectivity index (χ3v) is 4.16. The zero-order valence-corrected chi connectivity index (χ0v) is 7.12. The van der Waals surface area contributed by atoms with Crippen LogP contribution in [0.1, 0.15) is 19.3 Å². The lowest BCUT2D eigenvalue weighted by molar-refractivity contribution is 0.358. The highest BCUT2D eigenvalue weighted by Crippen LogP contribution is 2.33. The number of hydrogen-bond acceptors (Lipinski definition) is 2. The topological polar surface area (TPSA) is 12.0 Å². The van der Waals surface area contributed by atoms with Gasteiger partial charge in [-0.3, -0.25) is 0 Å².